The molecule has 0 radical (unpaired) electrons. The maximum absolute atomic E-state index is 11.9. The van der Waals surface area contributed by atoms with Crippen LogP contribution in [0.2, 0.25) is 0 Å². The Kier molecular flexibility index (Phi) is 2.86. The third-order valence-corrected chi connectivity index (χ3v) is 4.26. The molecular weight excluding hydrogens is 226 g/mol. The van der Waals surface area contributed by atoms with Crippen LogP contribution in [0.5, 0.6) is 0 Å². The summed E-state index contributed by atoms with van der Waals surface area (Å²) in [4.78, 5) is 3.81. The van der Waals surface area contributed by atoms with E-state index in [9.17, 15) is 8.42 Å². The predicted molar refractivity (Wildman–Crippen MR) is 61.2 cm³/mol. The van der Waals surface area contributed by atoms with Crippen LogP contribution in [0, 0.1) is 5.92 Å². The predicted octanol–water partition coefficient (Wildman–Crippen LogP) is 0.741. The summed E-state index contributed by atoms with van der Waals surface area (Å²) < 4.78 is 26.5. The Hall–Kier alpha value is -1.14. The molecule has 1 atom stereocenters. The average Bonchev–Trinajstić information content (AvgIpc) is 3.00. The van der Waals surface area contributed by atoms with Crippen molar-refractivity contribution in [2.24, 2.45) is 5.92 Å². The maximum Gasteiger partial charge on any atom is 0.260 e. The molecule has 1 fully saturated rings. The molecule has 1 heterocycles. The summed E-state index contributed by atoms with van der Waals surface area (Å²) in [5, 5.41) is -0.0810. The number of nitrogens with two attached hydrogens (primary N) is 1. The number of aromatic nitrogens is 1. The van der Waals surface area contributed by atoms with Gasteiger partial charge in [0.1, 0.15) is 0 Å². The molecule has 0 aromatic carbocycles. The second kappa shape index (κ2) is 4.03. The molecule has 1 aliphatic rings. The first kappa shape index (κ1) is 11.3. The molecule has 1 aliphatic carbocycles. The molecule has 1 unspecified atom stereocenters. The van der Waals surface area contributed by atoms with Crippen LogP contribution in [0.1, 0.15) is 19.8 Å². The van der Waals surface area contributed by atoms with Gasteiger partial charge in [-0.3, -0.25) is 0 Å². The van der Waals surface area contributed by atoms with Crippen LogP contribution in [0.4, 0.5) is 5.69 Å². The highest BCUT2D eigenvalue weighted by Crippen LogP contribution is 2.33. The number of anilines is 1. The zero-order valence-corrected chi connectivity index (χ0v) is 9.87. The van der Waals surface area contributed by atoms with Crippen molar-refractivity contribution in [3.8, 4) is 0 Å². The van der Waals surface area contributed by atoms with Gasteiger partial charge in [0.05, 0.1) is 5.69 Å². The lowest BCUT2D eigenvalue weighted by Crippen LogP contribution is -2.34. The lowest BCUT2D eigenvalue weighted by atomic mass is 10.2. The largest absolute Gasteiger partial charge is 0.396 e. The standard InChI is InChI=1S/C10H15N3O2S/c1-7(8-4-5-8)13-16(14,15)10-9(11)3-2-6-12-10/h2-3,6-8,13H,4-5,11H2,1H3. The van der Waals surface area contributed by atoms with Crippen LogP contribution in [-0.4, -0.2) is 19.4 Å². The van der Waals surface area contributed by atoms with Crippen molar-refractivity contribution in [1.82, 2.24) is 9.71 Å². The van der Waals surface area contributed by atoms with Gasteiger partial charge in [0.25, 0.3) is 10.0 Å². The summed E-state index contributed by atoms with van der Waals surface area (Å²) in [6.45, 7) is 1.87. The number of nitrogens with one attached hydrogen (secondary N) is 1. The van der Waals surface area contributed by atoms with E-state index in [1.807, 2.05) is 6.92 Å². The van der Waals surface area contributed by atoms with E-state index >= 15 is 0 Å². The molecule has 0 aliphatic heterocycles. The smallest absolute Gasteiger partial charge is 0.260 e. The molecule has 1 saturated carbocycles. The van der Waals surface area contributed by atoms with E-state index in [4.69, 9.17) is 5.73 Å². The van der Waals surface area contributed by atoms with Gasteiger partial charge in [0.15, 0.2) is 5.03 Å². The summed E-state index contributed by atoms with van der Waals surface area (Å²) in [6, 6.07) is 3.09. The Morgan fingerprint density at radius 2 is 2.25 bits per heavy atom. The second-order valence-corrected chi connectivity index (χ2v) is 5.77. The van der Waals surface area contributed by atoms with E-state index in [1.165, 1.54) is 12.3 Å². The highest BCUT2D eigenvalue weighted by molar-refractivity contribution is 7.89. The molecular formula is C10H15N3O2S. The quantitative estimate of drug-likeness (QED) is 0.814. The van der Waals surface area contributed by atoms with Crippen molar-refractivity contribution in [1.29, 1.82) is 0 Å². The van der Waals surface area contributed by atoms with Gasteiger partial charge in [-0.15, -0.1) is 0 Å². The van der Waals surface area contributed by atoms with Gasteiger partial charge in [0.2, 0.25) is 0 Å². The molecule has 0 amide bonds. The minimum absolute atomic E-state index is 0.0496. The molecule has 3 N–H and O–H groups in total. The van der Waals surface area contributed by atoms with Crippen LogP contribution >= 0.6 is 0 Å². The lowest BCUT2D eigenvalue weighted by molar-refractivity contribution is 0.535. The number of hydrogen-bond donors (Lipinski definition) is 2. The number of hydrogen-bond acceptors (Lipinski definition) is 4. The van der Waals surface area contributed by atoms with Crippen molar-refractivity contribution in [2.45, 2.75) is 30.8 Å². The van der Waals surface area contributed by atoms with E-state index in [-0.39, 0.29) is 16.8 Å². The zero-order valence-electron chi connectivity index (χ0n) is 9.05. The summed E-state index contributed by atoms with van der Waals surface area (Å²) in [5.74, 6) is 0.458. The van der Waals surface area contributed by atoms with Crippen molar-refractivity contribution in [3.05, 3.63) is 18.3 Å². The zero-order chi connectivity index (χ0) is 11.8. The second-order valence-electron chi connectivity index (χ2n) is 4.15. The van der Waals surface area contributed by atoms with Crippen LogP contribution < -0.4 is 10.5 Å². The van der Waals surface area contributed by atoms with E-state index < -0.39 is 10.0 Å². The van der Waals surface area contributed by atoms with Gasteiger partial charge < -0.3 is 5.73 Å². The van der Waals surface area contributed by atoms with Crippen molar-refractivity contribution < 1.29 is 8.42 Å². The van der Waals surface area contributed by atoms with Crippen molar-refractivity contribution >= 4 is 15.7 Å². The van der Waals surface area contributed by atoms with Crippen LogP contribution in [0.15, 0.2) is 23.4 Å². The summed E-state index contributed by atoms with van der Waals surface area (Å²) in [6.07, 6.45) is 3.59. The monoisotopic (exact) mass is 241 g/mol. The number of nitrogen functional groups attached to an aromatic ring is 1. The van der Waals surface area contributed by atoms with Gasteiger partial charge >= 0.3 is 0 Å². The minimum atomic E-state index is -3.58. The summed E-state index contributed by atoms with van der Waals surface area (Å²) in [5.41, 5.74) is 5.77. The average molecular weight is 241 g/mol. The molecule has 0 saturated heterocycles. The Morgan fingerprint density at radius 3 is 2.81 bits per heavy atom. The highest BCUT2D eigenvalue weighted by Gasteiger charge is 2.32. The van der Waals surface area contributed by atoms with Crippen molar-refractivity contribution in [3.63, 3.8) is 0 Å². The molecule has 1 aromatic rings. The van der Waals surface area contributed by atoms with E-state index in [0.717, 1.165) is 12.8 Å². The number of nitrogens with zero attached hydrogens (tertiary/aromatic N) is 1. The van der Waals surface area contributed by atoms with Gasteiger partial charge in [0, 0.05) is 12.2 Å². The maximum atomic E-state index is 11.9. The molecule has 0 bridgehead atoms. The molecule has 88 valence electrons. The van der Waals surface area contributed by atoms with Gasteiger partial charge in [-0.25, -0.2) is 18.1 Å². The first-order chi connectivity index (χ1) is 7.50. The van der Waals surface area contributed by atoms with Crippen LogP contribution in [-0.2, 0) is 10.0 Å². The Labute approximate surface area is 95.1 Å². The van der Waals surface area contributed by atoms with E-state index in [2.05, 4.69) is 9.71 Å². The number of sulfonamides is 1. The first-order valence-electron chi connectivity index (χ1n) is 5.23. The highest BCUT2D eigenvalue weighted by atomic mass is 32.2. The molecule has 5 nitrogen and oxygen atoms in total. The topological polar surface area (TPSA) is 85.1 Å². The Balaban J connectivity index is 2.21. The summed E-state index contributed by atoms with van der Waals surface area (Å²) in [7, 11) is -3.58. The van der Waals surface area contributed by atoms with E-state index in [1.54, 1.807) is 6.07 Å². The Morgan fingerprint density at radius 1 is 1.56 bits per heavy atom. The van der Waals surface area contributed by atoms with Gasteiger partial charge in [-0.2, -0.15) is 0 Å². The van der Waals surface area contributed by atoms with E-state index in [0.29, 0.717) is 5.92 Å². The third kappa shape index (κ3) is 2.33. The molecule has 16 heavy (non-hydrogen) atoms. The summed E-state index contributed by atoms with van der Waals surface area (Å²) >= 11 is 0. The molecule has 1 aromatic heterocycles. The first-order valence-corrected chi connectivity index (χ1v) is 6.72. The number of rotatable bonds is 4. The third-order valence-electron chi connectivity index (χ3n) is 2.73. The lowest BCUT2D eigenvalue weighted by Gasteiger charge is -2.13. The fraction of sp³-hybridized carbons (Fsp3) is 0.500. The fourth-order valence-corrected chi connectivity index (χ4v) is 2.99. The van der Waals surface area contributed by atoms with Crippen LogP contribution in [0.25, 0.3) is 0 Å². The molecule has 0 spiro atoms. The molecule has 6 heteroatoms. The van der Waals surface area contributed by atoms with Gasteiger partial charge in [-0.1, -0.05) is 0 Å². The molecule has 2 rings (SSSR count). The normalized spacial score (nSPS) is 18.3. The van der Waals surface area contributed by atoms with Gasteiger partial charge in [-0.05, 0) is 37.8 Å². The minimum Gasteiger partial charge on any atom is -0.396 e. The number of pyridine rings is 1. The SMILES string of the molecule is CC(NS(=O)(=O)c1ncccc1N)C1CC1. The van der Waals surface area contributed by atoms with Crippen molar-refractivity contribution in [2.75, 3.05) is 5.73 Å². The van der Waals surface area contributed by atoms with Crippen LogP contribution in [0.3, 0.4) is 0 Å². The Bertz CT molecular complexity index is 483. The fourth-order valence-electron chi connectivity index (χ4n) is 1.62.